The number of aromatic amines is 1. The Labute approximate surface area is 151 Å². The van der Waals surface area contributed by atoms with Crippen LogP contribution in [0.2, 0.25) is 0 Å². The van der Waals surface area contributed by atoms with Crippen molar-refractivity contribution in [2.45, 2.75) is 32.8 Å². The largest absolute Gasteiger partial charge is 0.444 e. The highest BCUT2D eigenvalue weighted by Gasteiger charge is 2.25. The predicted octanol–water partition coefficient (Wildman–Crippen LogP) is 3.53. The van der Waals surface area contributed by atoms with E-state index in [4.69, 9.17) is 4.74 Å². The van der Waals surface area contributed by atoms with Crippen molar-refractivity contribution in [2.24, 2.45) is 0 Å². The van der Waals surface area contributed by atoms with Crippen LogP contribution in [0.3, 0.4) is 0 Å². The molecule has 0 bridgehead atoms. The Morgan fingerprint density at radius 3 is 2.92 bits per heavy atom. The van der Waals surface area contributed by atoms with Crippen molar-refractivity contribution in [1.82, 2.24) is 25.1 Å². The first kappa shape index (κ1) is 16.5. The first-order valence-corrected chi connectivity index (χ1v) is 8.68. The summed E-state index contributed by atoms with van der Waals surface area (Å²) in [6, 6.07) is 3.95. The van der Waals surface area contributed by atoms with Gasteiger partial charge in [0, 0.05) is 36.3 Å². The molecule has 0 radical (unpaired) electrons. The molecule has 3 aromatic heterocycles. The number of hydrogen-bond donors (Lipinski definition) is 1. The van der Waals surface area contributed by atoms with Gasteiger partial charge in [-0.05, 0) is 50.5 Å². The molecule has 1 aliphatic rings. The van der Waals surface area contributed by atoms with Crippen LogP contribution in [0.15, 0.2) is 30.6 Å². The normalized spacial score (nSPS) is 15.3. The molecule has 1 aliphatic heterocycles. The van der Waals surface area contributed by atoms with E-state index in [9.17, 15) is 4.79 Å². The van der Waals surface area contributed by atoms with Gasteiger partial charge in [-0.2, -0.15) is 0 Å². The monoisotopic (exact) mass is 351 g/mol. The molecule has 0 aliphatic carbocycles. The van der Waals surface area contributed by atoms with Crippen LogP contribution in [0.1, 0.15) is 32.8 Å². The molecule has 1 N–H and O–H groups in total. The number of hydrogen-bond acceptors (Lipinski definition) is 5. The summed E-state index contributed by atoms with van der Waals surface area (Å²) in [5.41, 5.74) is 2.93. The molecule has 0 fully saturated rings. The molecule has 0 aromatic carbocycles. The first-order valence-electron chi connectivity index (χ1n) is 8.68. The van der Waals surface area contributed by atoms with E-state index in [-0.39, 0.29) is 6.09 Å². The van der Waals surface area contributed by atoms with Gasteiger partial charge in [0.25, 0.3) is 0 Å². The van der Waals surface area contributed by atoms with Crippen LogP contribution < -0.4 is 0 Å². The number of pyridine rings is 1. The zero-order chi connectivity index (χ0) is 18.3. The van der Waals surface area contributed by atoms with Crippen molar-refractivity contribution in [3.8, 4) is 0 Å². The molecule has 134 valence electrons. The summed E-state index contributed by atoms with van der Waals surface area (Å²) in [5.74, 6) is 0. The second-order valence-corrected chi connectivity index (χ2v) is 7.42. The molecule has 3 aromatic rings. The summed E-state index contributed by atoms with van der Waals surface area (Å²) in [6.07, 6.45) is 6.26. The summed E-state index contributed by atoms with van der Waals surface area (Å²) in [4.78, 5) is 21.6. The summed E-state index contributed by atoms with van der Waals surface area (Å²) in [7, 11) is 0. The number of carbonyl (C=O) groups excluding carboxylic acids is 1. The van der Waals surface area contributed by atoms with E-state index >= 15 is 0 Å². The van der Waals surface area contributed by atoms with Crippen LogP contribution in [0, 0.1) is 0 Å². The van der Waals surface area contributed by atoms with Crippen molar-refractivity contribution in [2.75, 3.05) is 13.1 Å². The minimum Gasteiger partial charge on any atom is -0.444 e. The van der Waals surface area contributed by atoms with Crippen LogP contribution in [-0.2, 0) is 4.74 Å². The van der Waals surface area contributed by atoms with Crippen LogP contribution in [-0.4, -0.2) is 49.8 Å². The summed E-state index contributed by atoms with van der Waals surface area (Å²) >= 11 is 0. The van der Waals surface area contributed by atoms with Gasteiger partial charge in [0.05, 0.1) is 0 Å². The maximum absolute atomic E-state index is 12.5. The minimum atomic E-state index is -0.505. The maximum Gasteiger partial charge on any atom is 0.410 e. The van der Waals surface area contributed by atoms with Gasteiger partial charge in [0.15, 0.2) is 11.3 Å². The molecule has 4 rings (SSSR count). The van der Waals surface area contributed by atoms with Crippen molar-refractivity contribution < 1.29 is 9.53 Å². The Kier molecular flexibility index (Phi) is 3.86. The van der Waals surface area contributed by atoms with E-state index in [1.165, 1.54) is 0 Å². The molecule has 0 unspecified atom stereocenters. The third-order valence-electron chi connectivity index (χ3n) is 4.32. The van der Waals surface area contributed by atoms with E-state index < -0.39 is 5.60 Å². The standard InChI is InChI=1S/C19H21N5O2/c1-19(2,3)26-18(25)24-10-4-5-12(11-24)13-6-8-21-17-15(13)14-7-9-20-16(14)22-23-17/h5-9H,4,10-11H2,1-3H3,(H,20,22). The number of carbonyl (C=O) groups is 1. The lowest BCUT2D eigenvalue weighted by molar-refractivity contribution is 0.0273. The molecule has 4 heterocycles. The highest BCUT2D eigenvalue weighted by Crippen LogP contribution is 2.30. The number of nitrogens with one attached hydrogen (secondary N) is 1. The molecule has 7 nitrogen and oxygen atoms in total. The Hall–Kier alpha value is -2.96. The van der Waals surface area contributed by atoms with Crippen molar-refractivity contribution in [3.05, 3.63) is 36.2 Å². The number of aromatic nitrogens is 4. The van der Waals surface area contributed by atoms with Gasteiger partial charge in [-0.3, -0.25) is 0 Å². The van der Waals surface area contributed by atoms with Gasteiger partial charge < -0.3 is 14.6 Å². The Bertz CT molecular complexity index is 1020. The third-order valence-corrected chi connectivity index (χ3v) is 4.32. The van der Waals surface area contributed by atoms with Crippen LogP contribution in [0.4, 0.5) is 4.79 Å². The Balaban J connectivity index is 1.73. The van der Waals surface area contributed by atoms with Gasteiger partial charge in [-0.25, -0.2) is 9.78 Å². The minimum absolute atomic E-state index is 0.284. The number of nitrogens with zero attached hydrogens (tertiary/aromatic N) is 4. The fourth-order valence-corrected chi connectivity index (χ4v) is 3.22. The third kappa shape index (κ3) is 3.00. The van der Waals surface area contributed by atoms with Crippen molar-refractivity contribution in [1.29, 1.82) is 0 Å². The highest BCUT2D eigenvalue weighted by molar-refractivity contribution is 6.07. The number of rotatable bonds is 1. The molecule has 1 amide bonds. The van der Waals surface area contributed by atoms with Crippen LogP contribution >= 0.6 is 0 Å². The molecule has 0 spiro atoms. The van der Waals surface area contributed by atoms with Gasteiger partial charge >= 0.3 is 6.09 Å². The van der Waals surface area contributed by atoms with Crippen molar-refractivity contribution >= 4 is 33.7 Å². The SMILES string of the molecule is CC(C)(C)OC(=O)N1CCC=C(c2ccnc3nnc4[nH]ccc4c23)C1. The van der Waals surface area contributed by atoms with E-state index in [0.29, 0.717) is 18.7 Å². The summed E-state index contributed by atoms with van der Waals surface area (Å²) in [5, 5.41) is 10.3. The smallest absolute Gasteiger partial charge is 0.410 e. The van der Waals surface area contributed by atoms with Gasteiger partial charge in [-0.15, -0.1) is 10.2 Å². The second kappa shape index (κ2) is 6.09. The lowest BCUT2D eigenvalue weighted by Gasteiger charge is -2.30. The number of ether oxygens (including phenoxy) is 1. The predicted molar refractivity (Wildman–Crippen MR) is 99.6 cm³/mol. The zero-order valence-electron chi connectivity index (χ0n) is 15.1. The molecule has 0 saturated heterocycles. The maximum atomic E-state index is 12.5. The lowest BCUT2D eigenvalue weighted by atomic mass is 9.98. The molecule has 7 heteroatoms. The second-order valence-electron chi connectivity index (χ2n) is 7.42. The highest BCUT2D eigenvalue weighted by atomic mass is 16.6. The summed E-state index contributed by atoms with van der Waals surface area (Å²) in [6.45, 7) is 6.79. The number of amides is 1. The first-order chi connectivity index (χ1) is 12.4. The quantitative estimate of drug-likeness (QED) is 0.725. The fourth-order valence-electron chi connectivity index (χ4n) is 3.22. The van der Waals surface area contributed by atoms with E-state index in [2.05, 4.69) is 26.2 Å². The zero-order valence-corrected chi connectivity index (χ0v) is 15.1. The molecular weight excluding hydrogens is 330 g/mol. The lowest BCUT2D eigenvalue weighted by Crippen LogP contribution is -2.39. The van der Waals surface area contributed by atoms with Gasteiger partial charge in [0.1, 0.15) is 5.60 Å². The molecular formula is C19H21N5O2. The van der Waals surface area contributed by atoms with E-state index in [1.807, 2.05) is 39.1 Å². The van der Waals surface area contributed by atoms with Crippen LogP contribution in [0.25, 0.3) is 27.6 Å². The fraction of sp³-hybridized carbons (Fsp3) is 0.368. The van der Waals surface area contributed by atoms with E-state index in [0.717, 1.165) is 34.0 Å². The molecule has 0 atom stereocenters. The van der Waals surface area contributed by atoms with Crippen LogP contribution in [0.5, 0.6) is 0 Å². The topological polar surface area (TPSA) is 84.0 Å². The molecule has 0 saturated carbocycles. The summed E-state index contributed by atoms with van der Waals surface area (Å²) < 4.78 is 5.53. The van der Waals surface area contributed by atoms with Gasteiger partial charge in [-0.1, -0.05) is 6.08 Å². The average Bonchev–Trinajstić information content (AvgIpc) is 3.09. The molecule has 26 heavy (non-hydrogen) atoms. The van der Waals surface area contributed by atoms with Gasteiger partial charge in [0.2, 0.25) is 0 Å². The number of fused-ring (bicyclic) bond motifs is 3. The Morgan fingerprint density at radius 2 is 2.12 bits per heavy atom. The average molecular weight is 351 g/mol. The Morgan fingerprint density at radius 1 is 1.27 bits per heavy atom. The van der Waals surface area contributed by atoms with Crippen molar-refractivity contribution in [3.63, 3.8) is 0 Å². The number of H-pyrrole nitrogens is 1. The van der Waals surface area contributed by atoms with E-state index in [1.54, 1.807) is 11.1 Å².